The van der Waals surface area contributed by atoms with Crippen LogP contribution in [-0.2, 0) is 5.54 Å². The summed E-state index contributed by atoms with van der Waals surface area (Å²) >= 11 is 0. The van der Waals surface area contributed by atoms with Crippen molar-refractivity contribution in [1.29, 1.82) is 0 Å². The van der Waals surface area contributed by atoms with E-state index in [0.717, 1.165) is 25.2 Å². The molecule has 3 nitrogen and oxygen atoms in total. The summed E-state index contributed by atoms with van der Waals surface area (Å²) in [5.74, 6) is 0. The number of anilines is 1. The molecule has 1 aliphatic rings. The summed E-state index contributed by atoms with van der Waals surface area (Å²) in [6, 6.07) is 13.5. The van der Waals surface area contributed by atoms with Gasteiger partial charge in [0.15, 0.2) is 5.54 Å². The van der Waals surface area contributed by atoms with Crippen molar-refractivity contribution < 1.29 is 17.7 Å². The van der Waals surface area contributed by atoms with Crippen molar-refractivity contribution >= 4 is 5.69 Å². The van der Waals surface area contributed by atoms with Gasteiger partial charge in [0.1, 0.15) is 0 Å². The molecule has 0 amide bonds. The van der Waals surface area contributed by atoms with Crippen LogP contribution in [0.2, 0.25) is 0 Å². The monoisotopic (exact) mass is 392 g/mol. The first-order chi connectivity index (χ1) is 13.2. The SMILES string of the molecule is CC[N+](CC)(CC)[C@H]1Nc2ccc(C)cc2[C@@](c2ccccc2)(C(F)(F)F)N1. The fraction of sp³-hybridized carbons (Fsp3) is 0.455. The first-order valence-corrected chi connectivity index (χ1v) is 9.87. The standard InChI is InChI=1S/C22H29F3N3/c1-5-28(6-2,7-3)20-26-19-14-13-16(4)15-18(19)21(27-20,22(23,24)25)17-11-9-8-10-12-17/h8-15,20,26-27H,5-7H2,1-4H3/q+1/t20-,21-/m0/s1. The van der Waals surface area contributed by atoms with E-state index in [0.29, 0.717) is 10.2 Å². The van der Waals surface area contributed by atoms with Gasteiger partial charge in [-0.15, -0.1) is 0 Å². The van der Waals surface area contributed by atoms with E-state index in [4.69, 9.17) is 0 Å². The molecule has 0 fully saturated rings. The lowest BCUT2D eigenvalue weighted by atomic mass is 9.79. The Kier molecular flexibility index (Phi) is 5.47. The Labute approximate surface area is 165 Å². The molecule has 0 unspecified atom stereocenters. The van der Waals surface area contributed by atoms with Crippen LogP contribution >= 0.6 is 0 Å². The number of rotatable bonds is 5. The Bertz CT molecular complexity index is 807. The van der Waals surface area contributed by atoms with Gasteiger partial charge in [0, 0.05) is 11.3 Å². The van der Waals surface area contributed by atoms with Crippen LogP contribution in [0.25, 0.3) is 0 Å². The maximum Gasteiger partial charge on any atom is 0.415 e. The quantitative estimate of drug-likeness (QED) is 0.702. The summed E-state index contributed by atoms with van der Waals surface area (Å²) < 4.78 is 45.1. The third-order valence-corrected chi connectivity index (χ3v) is 6.29. The number of benzene rings is 2. The minimum Gasteiger partial charge on any atom is -0.323 e. The minimum atomic E-state index is -4.51. The topological polar surface area (TPSA) is 24.1 Å². The van der Waals surface area contributed by atoms with Crippen molar-refractivity contribution in [1.82, 2.24) is 5.32 Å². The van der Waals surface area contributed by atoms with Gasteiger partial charge in [0.2, 0.25) is 6.29 Å². The van der Waals surface area contributed by atoms with Crippen molar-refractivity contribution in [3.63, 3.8) is 0 Å². The molecule has 2 N–H and O–H groups in total. The van der Waals surface area contributed by atoms with Crippen LogP contribution in [0, 0.1) is 6.92 Å². The molecule has 3 rings (SSSR count). The van der Waals surface area contributed by atoms with Crippen LogP contribution in [0.4, 0.5) is 18.9 Å². The van der Waals surface area contributed by atoms with E-state index < -0.39 is 18.0 Å². The van der Waals surface area contributed by atoms with Gasteiger partial charge in [-0.1, -0.05) is 48.0 Å². The summed E-state index contributed by atoms with van der Waals surface area (Å²) in [5, 5.41) is 6.41. The Morgan fingerprint density at radius 1 is 0.964 bits per heavy atom. The maximum absolute atomic E-state index is 14.9. The summed E-state index contributed by atoms with van der Waals surface area (Å²) in [6.07, 6.45) is -5.07. The first kappa shape index (κ1) is 20.7. The Hall–Kier alpha value is -2.05. The molecule has 152 valence electrons. The Morgan fingerprint density at radius 3 is 2.11 bits per heavy atom. The second kappa shape index (κ2) is 7.41. The zero-order chi connectivity index (χ0) is 20.6. The largest absolute Gasteiger partial charge is 0.415 e. The molecule has 0 aliphatic carbocycles. The molecule has 1 aliphatic heterocycles. The number of halogens is 3. The molecule has 0 saturated carbocycles. The molecular formula is C22H29F3N3+. The molecule has 1 heterocycles. The van der Waals surface area contributed by atoms with Crippen LogP contribution in [0.1, 0.15) is 37.5 Å². The third kappa shape index (κ3) is 3.08. The van der Waals surface area contributed by atoms with E-state index in [-0.39, 0.29) is 11.1 Å². The van der Waals surface area contributed by atoms with Crippen molar-refractivity contribution in [2.45, 2.75) is 45.7 Å². The molecule has 2 atom stereocenters. The van der Waals surface area contributed by atoms with Crippen molar-refractivity contribution in [2.24, 2.45) is 0 Å². The average Bonchev–Trinajstić information content (AvgIpc) is 2.69. The lowest BCUT2D eigenvalue weighted by Gasteiger charge is -2.52. The number of hydrogen-bond acceptors (Lipinski definition) is 2. The Balaban J connectivity index is 2.32. The highest BCUT2D eigenvalue weighted by Crippen LogP contribution is 2.49. The van der Waals surface area contributed by atoms with Gasteiger partial charge in [0.05, 0.1) is 19.6 Å². The van der Waals surface area contributed by atoms with Crippen molar-refractivity contribution in [3.05, 3.63) is 65.2 Å². The van der Waals surface area contributed by atoms with Crippen LogP contribution in [0.5, 0.6) is 0 Å². The molecule has 28 heavy (non-hydrogen) atoms. The van der Waals surface area contributed by atoms with E-state index in [2.05, 4.69) is 10.6 Å². The smallest absolute Gasteiger partial charge is 0.323 e. The molecule has 6 heteroatoms. The van der Waals surface area contributed by atoms with Crippen LogP contribution in [-0.4, -0.2) is 36.6 Å². The third-order valence-electron chi connectivity index (χ3n) is 6.29. The second-order valence-electron chi connectivity index (χ2n) is 7.52. The Morgan fingerprint density at radius 2 is 1.57 bits per heavy atom. The molecule has 2 aromatic rings. The van der Waals surface area contributed by atoms with E-state index >= 15 is 0 Å². The number of quaternary nitrogens is 1. The molecule has 0 spiro atoms. The number of aryl methyl sites for hydroxylation is 1. The van der Waals surface area contributed by atoms with Gasteiger partial charge in [-0.2, -0.15) is 13.2 Å². The van der Waals surface area contributed by atoms with E-state index in [1.165, 1.54) is 0 Å². The lowest BCUT2D eigenvalue weighted by Crippen LogP contribution is -2.73. The van der Waals surface area contributed by atoms with E-state index in [9.17, 15) is 13.2 Å². The normalized spacial score (nSPS) is 22.5. The van der Waals surface area contributed by atoms with Gasteiger partial charge < -0.3 is 5.32 Å². The van der Waals surface area contributed by atoms with Crippen molar-refractivity contribution in [2.75, 3.05) is 25.0 Å². The fourth-order valence-corrected chi connectivity index (χ4v) is 4.38. The van der Waals surface area contributed by atoms with E-state index in [1.54, 1.807) is 42.5 Å². The van der Waals surface area contributed by atoms with Crippen molar-refractivity contribution in [3.8, 4) is 0 Å². The number of nitrogens with zero attached hydrogens (tertiary/aromatic N) is 1. The van der Waals surface area contributed by atoms with Gasteiger partial charge in [-0.25, -0.2) is 5.32 Å². The maximum atomic E-state index is 14.9. The molecule has 0 aromatic heterocycles. The predicted molar refractivity (Wildman–Crippen MR) is 107 cm³/mol. The molecule has 0 bridgehead atoms. The van der Waals surface area contributed by atoms with Gasteiger partial charge >= 0.3 is 6.18 Å². The van der Waals surface area contributed by atoms with Gasteiger partial charge in [-0.3, -0.25) is 4.48 Å². The number of hydrogen-bond donors (Lipinski definition) is 2. The van der Waals surface area contributed by atoms with Crippen LogP contribution in [0.3, 0.4) is 0 Å². The van der Waals surface area contributed by atoms with E-state index in [1.807, 2.05) is 33.8 Å². The highest BCUT2D eigenvalue weighted by molar-refractivity contribution is 5.62. The molecule has 0 radical (unpaired) electrons. The predicted octanol–water partition coefficient (Wildman–Crippen LogP) is 4.98. The minimum absolute atomic E-state index is 0.210. The lowest BCUT2D eigenvalue weighted by molar-refractivity contribution is -0.947. The van der Waals surface area contributed by atoms with Gasteiger partial charge in [0.25, 0.3) is 0 Å². The highest BCUT2D eigenvalue weighted by Gasteiger charge is 2.62. The first-order valence-electron chi connectivity index (χ1n) is 9.87. The number of alkyl halides is 3. The van der Waals surface area contributed by atoms with Gasteiger partial charge in [-0.05, 0) is 39.3 Å². The molecule has 0 saturated heterocycles. The zero-order valence-corrected chi connectivity index (χ0v) is 16.9. The van der Waals surface area contributed by atoms with Crippen LogP contribution in [0.15, 0.2) is 48.5 Å². The highest BCUT2D eigenvalue weighted by atomic mass is 19.4. The van der Waals surface area contributed by atoms with Crippen LogP contribution < -0.4 is 10.6 Å². The zero-order valence-electron chi connectivity index (χ0n) is 16.9. The second-order valence-corrected chi connectivity index (χ2v) is 7.52. The summed E-state index contributed by atoms with van der Waals surface area (Å²) in [6.45, 7) is 10.1. The average molecular weight is 392 g/mol. The fourth-order valence-electron chi connectivity index (χ4n) is 4.38. The summed E-state index contributed by atoms with van der Waals surface area (Å²) in [4.78, 5) is 0. The number of nitrogens with one attached hydrogen (secondary N) is 2. The molecule has 2 aromatic carbocycles. The summed E-state index contributed by atoms with van der Waals surface area (Å²) in [5.41, 5.74) is -0.499. The molecular weight excluding hydrogens is 363 g/mol. The summed E-state index contributed by atoms with van der Waals surface area (Å²) in [7, 11) is 0. The number of fused-ring (bicyclic) bond motifs is 1.